The molecule has 0 saturated carbocycles. The molecule has 0 bridgehead atoms. The number of ether oxygens (including phenoxy) is 1. The van der Waals surface area contributed by atoms with Gasteiger partial charge in [0, 0.05) is 32.3 Å². The third kappa shape index (κ3) is 4.53. The van der Waals surface area contributed by atoms with Crippen molar-refractivity contribution >= 4 is 0 Å². The number of nitrogens with zero attached hydrogens (tertiary/aromatic N) is 1. The molecular formula is C18H32N2O. The minimum Gasteiger partial charge on any atom is -0.383 e. The van der Waals surface area contributed by atoms with Crippen molar-refractivity contribution in [1.29, 1.82) is 0 Å². The van der Waals surface area contributed by atoms with Crippen molar-refractivity contribution in [3.05, 3.63) is 34.4 Å². The van der Waals surface area contributed by atoms with Gasteiger partial charge >= 0.3 is 0 Å². The van der Waals surface area contributed by atoms with Crippen LogP contribution in [0.25, 0.3) is 0 Å². The molecule has 0 amide bonds. The Morgan fingerprint density at radius 3 is 2.19 bits per heavy atom. The molecule has 1 aromatic rings. The Morgan fingerprint density at radius 1 is 1.19 bits per heavy atom. The van der Waals surface area contributed by atoms with Crippen molar-refractivity contribution in [2.45, 2.75) is 53.1 Å². The van der Waals surface area contributed by atoms with Gasteiger partial charge in [-0.1, -0.05) is 24.6 Å². The molecule has 0 spiro atoms. The molecule has 0 aliphatic heterocycles. The lowest BCUT2D eigenvalue weighted by molar-refractivity contribution is 0.0898. The Balaban J connectivity index is 3.19. The van der Waals surface area contributed by atoms with E-state index in [1.165, 1.54) is 22.3 Å². The summed E-state index contributed by atoms with van der Waals surface area (Å²) in [6.45, 7) is 13.3. The van der Waals surface area contributed by atoms with Gasteiger partial charge in [0.1, 0.15) is 0 Å². The third-order valence-electron chi connectivity index (χ3n) is 4.41. The second-order valence-electron chi connectivity index (χ2n) is 6.05. The molecule has 1 rings (SSSR count). The zero-order valence-corrected chi connectivity index (χ0v) is 14.6. The Hall–Kier alpha value is -0.900. The number of hydrogen-bond donors (Lipinski definition) is 1. The van der Waals surface area contributed by atoms with Gasteiger partial charge in [0.2, 0.25) is 0 Å². The third-order valence-corrected chi connectivity index (χ3v) is 4.41. The van der Waals surface area contributed by atoms with E-state index in [2.05, 4.69) is 51.7 Å². The number of aryl methyl sites for hydroxylation is 3. The maximum atomic E-state index is 6.16. The SMILES string of the molecule is CCC(C)N(CCOC)C(CN)c1c(C)cc(C)cc1C. The first-order chi connectivity index (χ1) is 9.96. The van der Waals surface area contributed by atoms with E-state index in [0.29, 0.717) is 12.6 Å². The molecular weight excluding hydrogens is 260 g/mol. The van der Waals surface area contributed by atoms with Gasteiger partial charge < -0.3 is 10.5 Å². The Labute approximate surface area is 130 Å². The monoisotopic (exact) mass is 292 g/mol. The second-order valence-corrected chi connectivity index (χ2v) is 6.05. The minimum absolute atomic E-state index is 0.260. The van der Waals surface area contributed by atoms with Crippen LogP contribution in [0.4, 0.5) is 0 Å². The van der Waals surface area contributed by atoms with E-state index in [1.807, 2.05) is 0 Å². The molecule has 0 radical (unpaired) electrons. The summed E-state index contributed by atoms with van der Waals surface area (Å²) in [7, 11) is 1.76. The molecule has 21 heavy (non-hydrogen) atoms. The maximum Gasteiger partial charge on any atom is 0.0590 e. The fraction of sp³-hybridized carbons (Fsp3) is 0.667. The van der Waals surface area contributed by atoms with Gasteiger partial charge in [-0.2, -0.15) is 0 Å². The van der Waals surface area contributed by atoms with Crippen LogP contribution >= 0.6 is 0 Å². The highest BCUT2D eigenvalue weighted by atomic mass is 16.5. The standard InChI is InChI=1S/C18H32N2O/c1-7-16(5)20(8-9-21-6)17(12-19)18-14(3)10-13(2)11-15(18)4/h10-11,16-17H,7-9,12,19H2,1-6H3. The van der Waals surface area contributed by atoms with E-state index in [4.69, 9.17) is 10.5 Å². The van der Waals surface area contributed by atoms with Crippen molar-refractivity contribution < 1.29 is 4.74 Å². The van der Waals surface area contributed by atoms with Gasteiger partial charge in [0.15, 0.2) is 0 Å². The first kappa shape index (κ1) is 18.1. The number of benzene rings is 1. The van der Waals surface area contributed by atoms with Crippen molar-refractivity contribution in [3.8, 4) is 0 Å². The van der Waals surface area contributed by atoms with E-state index >= 15 is 0 Å². The van der Waals surface area contributed by atoms with E-state index in [-0.39, 0.29) is 6.04 Å². The summed E-state index contributed by atoms with van der Waals surface area (Å²) in [4.78, 5) is 2.49. The van der Waals surface area contributed by atoms with Gasteiger partial charge in [-0.05, 0) is 50.8 Å². The lowest BCUT2D eigenvalue weighted by Crippen LogP contribution is -2.42. The maximum absolute atomic E-state index is 6.16. The van der Waals surface area contributed by atoms with Gasteiger partial charge in [-0.15, -0.1) is 0 Å². The molecule has 0 aliphatic rings. The first-order valence-corrected chi connectivity index (χ1v) is 7.98. The normalized spacial score (nSPS) is 14.5. The summed E-state index contributed by atoms with van der Waals surface area (Å²) in [5.74, 6) is 0. The largest absolute Gasteiger partial charge is 0.383 e. The predicted molar refractivity (Wildman–Crippen MR) is 90.8 cm³/mol. The van der Waals surface area contributed by atoms with Crippen LogP contribution in [0.2, 0.25) is 0 Å². The Kier molecular flexibility index (Phi) is 7.36. The van der Waals surface area contributed by atoms with Crippen LogP contribution in [0.3, 0.4) is 0 Å². The molecule has 0 heterocycles. The summed E-state index contributed by atoms with van der Waals surface area (Å²) in [5, 5.41) is 0. The van der Waals surface area contributed by atoms with Crippen molar-refractivity contribution in [2.75, 3.05) is 26.8 Å². The first-order valence-electron chi connectivity index (χ1n) is 7.98. The van der Waals surface area contributed by atoms with E-state index < -0.39 is 0 Å². The zero-order valence-electron chi connectivity index (χ0n) is 14.6. The van der Waals surface area contributed by atoms with Crippen LogP contribution in [0.1, 0.15) is 48.6 Å². The van der Waals surface area contributed by atoms with Crippen molar-refractivity contribution in [1.82, 2.24) is 4.90 Å². The lowest BCUT2D eigenvalue weighted by atomic mass is 9.92. The number of hydrogen-bond acceptors (Lipinski definition) is 3. The quantitative estimate of drug-likeness (QED) is 0.798. The van der Waals surface area contributed by atoms with Crippen molar-refractivity contribution in [3.63, 3.8) is 0 Å². The second kappa shape index (κ2) is 8.52. The molecule has 3 heteroatoms. The average molecular weight is 292 g/mol. The fourth-order valence-electron chi connectivity index (χ4n) is 3.25. The molecule has 3 nitrogen and oxygen atoms in total. The highest BCUT2D eigenvalue weighted by molar-refractivity contribution is 5.40. The minimum atomic E-state index is 0.260. The summed E-state index contributed by atoms with van der Waals surface area (Å²) in [6.07, 6.45) is 1.12. The van der Waals surface area contributed by atoms with Gasteiger partial charge in [-0.3, -0.25) is 4.90 Å². The fourth-order valence-corrected chi connectivity index (χ4v) is 3.25. The van der Waals surface area contributed by atoms with Crippen LogP contribution in [0.5, 0.6) is 0 Å². The molecule has 1 aromatic carbocycles. The Bertz CT molecular complexity index is 422. The summed E-state index contributed by atoms with van der Waals surface area (Å²) >= 11 is 0. The summed E-state index contributed by atoms with van der Waals surface area (Å²) < 4.78 is 5.29. The van der Waals surface area contributed by atoms with Gasteiger partial charge in [0.05, 0.1) is 6.61 Å². The van der Waals surface area contributed by atoms with Crippen LogP contribution < -0.4 is 5.73 Å². The summed E-state index contributed by atoms with van der Waals surface area (Å²) in [6, 6.07) is 5.27. The molecule has 0 saturated heterocycles. The van der Waals surface area contributed by atoms with Crippen LogP contribution in [-0.2, 0) is 4.74 Å². The summed E-state index contributed by atoms with van der Waals surface area (Å²) in [5.41, 5.74) is 11.6. The Morgan fingerprint density at radius 2 is 1.76 bits per heavy atom. The van der Waals surface area contributed by atoms with Crippen LogP contribution in [-0.4, -0.2) is 37.7 Å². The van der Waals surface area contributed by atoms with Crippen molar-refractivity contribution in [2.24, 2.45) is 5.73 Å². The predicted octanol–water partition coefficient (Wildman–Crippen LogP) is 3.36. The molecule has 120 valence electrons. The van der Waals surface area contributed by atoms with E-state index in [0.717, 1.165) is 19.6 Å². The molecule has 2 unspecified atom stereocenters. The van der Waals surface area contributed by atoms with E-state index in [9.17, 15) is 0 Å². The molecule has 2 N–H and O–H groups in total. The number of methoxy groups -OCH3 is 1. The number of rotatable bonds is 8. The van der Waals surface area contributed by atoms with E-state index in [1.54, 1.807) is 7.11 Å². The zero-order chi connectivity index (χ0) is 16.0. The van der Waals surface area contributed by atoms with Gasteiger partial charge in [-0.25, -0.2) is 0 Å². The molecule has 0 fully saturated rings. The lowest BCUT2D eigenvalue weighted by Gasteiger charge is -2.37. The molecule has 0 aliphatic carbocycles. The highest BCUT2D eigenvalue weighted by Crippen LogP contribution is 2.29. The topological polar surface area (TPSA) is 38.5 Å². The van der Waals surface area contributed by atoms with Crippen LogP contribution in [0.15, 0.2) is 12.1 Å². The van der Waals surface area contributed by atoms with Gasteiger partial charge in [0.25, 0.3) is 0 Å². The average Bonchev–Trinajstić information content (AvgIpc) is 2.43. The molecule has 0 aromatic heterocycles. The van der Waals surface area contributed by atoms with Crippen LogP contribution in [0, 0.1) is 20.8 Å². The molecule has 2 atom stereocenters. The highest BCUT2D eigenvalue weighted by Gasteiger charge is 2.25. The number of nitrogens with two attached hydrogens (primary N) is 1. The smallest absolute Gasteiger partial charge is 0.0590 e.